The molecule has 1 amide bonds. The molecule has 0 aliphatic rings. The van der Waals surface area contributed by atoms with Crippen LogP contribution in [0.3, 0.4) is 0 Å². The Morgan fingerprint density at radius 2 is 1.94 bits per heavy atom. The molecule has 88 valence electrons. The molecule has 17 heavy (non-hydrogen) atoms. The summed E-state index contributed by atoms with van der Waals surface area (Å²) in [5.41, 5.74) is 0.666. The number of anilines is 1. The van der Waals surface area contributed by atoms with Crippen molar-refractivity contribution >= 4 is 22.4 Å². The van der Waals surface area contributed by atoms with E-state index in [1.54, 1.807) is 18.2 Å². The number of phenolic OH excluding ortho intramolecular Hbond substituents is 1. The Hall–Kier alpha value is -2.03. The van der Waals surface area contributed by atoms with Gasteiger partial charge in [0.15, 0.2) is 0 Å². The topological polar surface area (TPSA) is 49.3 Å². The first kappa shape index (κ1) is 11.5. The van der Waals surface area contributed by atoms with Crippen molar-refractivity contribution in [2.45, 2.75) is 19.8 Å². The standard InChI is InChI=1S/C14H15NO2/c1-2-5-13(17)15-11-8-3-6-10-7-4-9-12(16)14(10)11/h3-4,6-9,16H,2,5H2,1H3,(H,15,17). The lowest BCUT2D eigenvalue weighted by Gasteiger charge is -2.09. The van der Waals surface area contributed by atoms with Crippen molar-refractivity contribution in [3.63, 3.8) is 0 Å². The number of amides is 1. The lowest BCUT2D eigenvalue weighted by atomic mass is 10.1. The zero-order valence-electron chi connectivity index (χ0n) is 9.73. The summed E-state index contributed by atoms with van der Waals surface area (Å²) >= 11 is 0. The van der Waals surface area contributed by atoms with E-state index < -0.39 is 0 Å². The van der Waals surface area contributed by atoms with Gasteiger partial charge in [-0.15, -0.1) is 0 Å². The molecule has 0 radical (unpaired) electrons. The summed E-state index contributed by atoms with van der Waals surface area (Å²) in [6, 6.07) is 10.9. The highest BCUT2D eigenvalue weighted by Crippen LogP contribution is 2.31. The molecule has 0 aliphatic carbocycles. The average Bonchev–Trinajstić information content (AvgIpc) is 2.29. The number of hydrogen-bond donors (Lipinski definition) is 2. The van der Waals surface area contributed by atoms with Crippen molar-refractivity contribution in [2.24, 2.45) is 0 Å². The predicted molar refractivity (Wildman–Crippen MR) is 69.2 cm³/mol. The van der Waals surface area contributed by atoms with Gasteiger partial charge in [-0.3, -0.25) is 4.79 Å². The Morgan fingerprint density at radius 3 is 2.65 bits per heavy atom. The maximum Gasteiger partial charge on any atom is 0.224 e. The molecule has 0 saturated carbocycles. The van der Waals surface area contributed by atoms with Gasteiger partial charge in [-0.25, -0.2) is 0 Å². The van der Waals surface area contributed by atoms with Gasteiger partial charge >= 0.3 is 0 Å². The molecular formula is C14H15NO2. The fourth-order valence-electron chi connectivity index (χ4n) is 1.87. The van der Waals surface area contributed by atoms with Gasteiger partial charge < -0.3 is 10.4 Å². The van der Waals surface area contributed by atoms with Crippen molar-refractivity contribution in [3.8, 4) is 5.75 Å². The summed E-state index contributed by atoms with van der Waals surface area (Å²) in [4.78, 5) is 11.6. The Morgan fingerprint density at radius 1 is 1.24 bits per heavy atom. The fraction of sp³-hybridized carbons (Fsp3) is 0.214. The van der Waals surface area contributed by atoms with Crippen molar-refractivity contribution < 1.29 is 9.90 Å². The van der Waals surface area contributed by atoms with E-state index in [1.165, 1.54) is 0 Å². The van der Waals surface area contributed by atoms with Crippen molar-refractivity contribution in [1.82, 2.24) is 0 Å². The van der Waals surface area contributed by atoms with E-state index in [9.17, 15) is 9.90 Å². The predicted octanol–water partition coefficient (Wildman–Crippen LogP) is 3.28. The van der Waals surface area contributed by atoms with Crippen LogP contribution in [0.1, 0.15) is 19.8 Å². The van der Waals surface area contributed by atoms with Crippen molar-refractivity contribution in [1.29, 1.82) is 0 Å². The minimum atomic E-state index is -0.0248. The minimum Gasteiger partial charge on any atom is -0.507 e. The molecule has 0 heterocycles. The molecule has 3 nitrogen and oxygen atoms in total. The zero-order valence-corrected chi connectivity index (χ0v) is 9.73. The maximum atomic E-state index is 11.6. The molecule has 0 aliphatic heterocycles. The number of fused-ring (bicyclic) bond motifs is 1. The molecule has 0 atom stereocenters. The van der Waals surface area contributed by atoms with Crippen LogP contribution in [0.25, 0.3) is 10.8 Å². The Labute approximate surface area is 100 Å². The summed E-state index contributed by atoms with van der Waals surface area (Å²) in [5.74, 6) is 0.165. The number of carbonyl (C=O) groups excluding carboxylic acids is 1. The van der Waals surface area contributed by atoms with E-state index in [-0.39, 0.29) is 11.7 Å². The molecule has 0 saturated heterocycles. The number of aromatic hydroxyl groups is 1. The van der Waals surface area contributed by atoms with Gasteiger partial charge in [0.05, 0.1) is 5.69 Å². The molecule has 2 rings (SSSR count). The largest absolute Gasteiger partial charge is 0.507 e. The third-order valence-electron chi connectivity index (χ3n) is 2.63. The van der Waals surface area contributed by atoms with Gasteiger partial charge in [0.25, 0.3) is 0 Å². The maximum absolute atomic E-state index is 11.6. The van der Waals surface area contributed by atoms with Crippen LogP contribution in [0.4, 0.5) is 5.69 Å². The molecule has 0 unspecified atom stereocenters. The van der Waals surface area contributed by atoms with E-state index in [0.717, 1.165) is 11.8 Å². The first-order valence-corrected chi connectivity index (χ1v) is 5.73. The summed E-state index contributed by atoms with van der Waals surface area (Å²) in [7, 11) is 0. The van der Waals surface area contributed by atoms with Gasteiger partial charge in [-0.1, -0.05) is 31.2 Å². The van der Waals surface area contributed by atoms with E-state index in [0.29, 0.717) is 17.5 Å². The van der Waals surface area contributed by atoms with Gasteiger partial charge in [0, 0.05) is 11.8 Å². The van der Waals surface area contributed by atoms with Gasteiger partial charge in [-0.05, 0) is 23.9 Å². The van der Waals surface area contributed by atoms with Crippen LogP contribution in [-0.4, -0.2) is 11.0 Å². The highest BCUT2D eigenvalue weighted by Gasteiger charge is 2.07. The van der Waals surface area contributed by atoms with Crippen LogP contribution < -0.4 is 5.32 Å². The van der Waals surface area contributed by atoms with Crippen LogP contribution in [0.15, 0.2) is 36.4 Å². The highest BCUT2D eigenvalue weighted by molar-refractivity contribution is 6.04. The smallest absolute Gasteiger partial charge is 0.224 e. The SMILES string of the molecule is CCCC(=O)Nc1cccc2cccc(O)c12. The number of benzene rings is 2. The molecule has 2 aromatic carbocycles. The molecule has 0 fully saturated rings. The number of nitrogens with one attached hydrogen (secondary N) is 1. The lowest BCUT2D eigenvalue weighted by Crippen LogP contribution is -2.10. The Bertz CT molecular complexity index is 544. The highest BCUT2D eigenvalue weighted by atomic mass is 16.3. The van der Waals surface area contributed by atoms with Gasteiger partial charge in [-0.2, -0.15) is 0 Å². The third-order valence-corrected chi connectivity index (χ3v) is 2.63. The molecule has 0 spiro atoms. The Kier molecular flexibility index (Phi) is 3.28. The normalized spacial score (nSPS) is 10.4. The Balaban J connectivity index is 2.43. The first-order valence-electron chi connectivity index (χ1n) is 5.73. The van der Waals surface area contributed by atoms with Crippen LogP contribution in [0.2, 0.25) is 0 Å². The lowest BCUT2D eigenvalue weighted by molar-refractivity contribution is -0.116. The van der Waals surface area contributed by atoms with E-state index in [1.807, 2.05) is 25.1 Å². The quantitative estimate of drug-likeness (QED) is 0.848. The van der Waals surface area contributed by atoms with E-state index in [2.05, 4.69) is 5.32 Å². The van der Waals surface area contributed by atoms with Gasteiger partial charge in [0.1, 0.15) is 5.75 Å². The molecular weight excluding hydrogens is 214 g/mol. The summed E-state index contributed by atoms with van der Waals surface area (Å²) in [6.45, 7) is 1.96. The molecule has 3 heteroatoms. The number of hydrogen-bond acceptors (Lipinski definition) is 2. The van der Waals surface area contributed by atoms with E-state index >= 15 is 0 Å². The van der Waals surface area contributed by atoms with E-state index in [4.69, 9.17) is 0 Å². The molecule has 0 bridgehead atoms. The molecule has 2 N–H and O–H groups in total. The van der Waals surface area contributed by atoms with Gasteiger partial charge in [0.2, 0.25) is 5.91 Å². The second-order valence-corrected chi connectivity index (χ2v) is 3.98. The molecule has 2 aromatic rings. The second-order valence-electron chi connectivity index (χ2n) is 3.98. The minimum absolute atomic E-state index is 0.0248. The first-order chi connectivity index (χ1) is 8.22. The van der Waals surface area contributed by atoms with Crippen LogP contribution in [0, 0.1) is 0 Å². The fourth-order valence-corrected chi connectivity index (χ4v) is 1.87. The monoisotopic (exact) mass is 229 g/mol. The molecule has 0 aromatic heterocycles. The number of rotatable bonds is 3. The average molecular weight is 229 g/mol. The van der Waals surface area contributed by atoms with Crippen LogP contribution >= 0.6 is 0 Å². The number of carbonyl (C=O) groups is 1. The van der Waals surface area contributed by atoms with Crippen molar-refractivity contribution in [3.05, 3.63) is 36.4 Å². The van der Waals surface area contributed by atoms with Crippen molar-refractivity contribution in [2.75, 3.05) is 5.32 Å². The van der Waals surface area contributed by atoms with Crippen LogP contribution in [-0.2, 0) is 4.79 Å². The summed E-state index contributed by atoms with van der Waals surface area (Å²) < 4.78 is 0. The summed E-state index contributed by atoms with van der Waals surface area (Å²) in [5, 5.41) is 14.3. The number of phenols is 1. The second kappa shape index (κ2) is 4.87. The summed E-state index contributed by atoms with van der Waals surface area (Å²) in [6.07, 6.45) is 1.30. The third kappa shape index (κ3) is 2.38. The van der Waals surface area contributed by atoms with Crippen LogP contribution in [0.5, 0.6) is 5.75 Å². The zero-order chi connectivity index (χ0) is 12.3.